The largest absolute Gasteiger partial charge is 0.336 e. The second kappa shape index (κ2) is 6.18. The van der Waals surface area contributed by atoms with Gasteiger partial charge in [-0.05, 0) is 31.2 Å². The minimum Gasteiger partial charge on any atom is -0.336 e. The first-order valence-corrected chi connectivity index (χ1v) is 7.99. The second-order valence-corrected chi connectivity index (χ2v) is 6.07. The maximum atomic E-state index is 12.5. The van der Waals surface area contributed by atoms with Crippen LogP contribution >= 0.6 is 11.3 Å². The maximum Gasteiger partial charge on any atom is 0.321 e. The molecule has 0 spiro atoms. The number of Topliss-reactive ketones (excluding diaryl/α,β-unsaturated/α-hetero) is 1. The predicted molar refractivity (Wildman–Crippen MR) is 86.7 cm³/mol. The summed E-state index contributed by atoms with van der Waals surface area (Å²) in [5.41, 5.74) is 1.97. The third-order valence-electron chi connectivity index (χ3n) is 3.60. The number of rotatable bonds is 4. The standard InChI is InChI=1S/C16H14N4O2S/c1-10-9-23-15(19-10)13(8-17)14(21)11-2-4-12(5-3-11)20-7-6-18-16(20)22/h2-5,9,13H,6-7H2,1H3,(H,18,22)/t13-/m0/s1. The summed E-state index contributed by atoms with van der Waals surface area (Å²) in [6.45, 7) is 3.04. The molecule has 1 aliphatic rings. The molecular formula is C16H14N4O2S. The Hall–Kier alpha value is -2.72. The topological polar surface area (TPSA) is 86.1 Å². The van der Waals surface area contributed by atoms with Crippen LogP contribution in [-0.4, -0.2) is 29.9 Å². The van der Waals surface area contributed by atoms with E-state index in [0.717, 1.165) is 11.4 Å². The second-order valence-electron chi connectivity index (χ2n) is 5.18. The van der Waals surface area contributed by atoms with Crippen LogP contribution in [0, 0.1) is 18.3 Å². The molecule has 1 aromatic heterocycles. The number of urea groups is 1. The molecule has 1 atom stereocenters. The van der Waals surface area contributed by atoms with E-state index in [1.165, 1.54) is 11.3 Å². The van der Waals surface area contributed by atoms with Crippen molar-refractivity contribution in [3.63, 3.8) is 0 Å². The van der Waals surface area contributed by atoms with E-state index < -0.39 is 5.92 Å². The number of benzene rings is 1. The summed E-state index contributed by atoms with van der Waals surface area (Å²) in [4.78, 5) is 30.0. The normalized spacial score (nSPS) is 15.1. The Bertz CT molecular complexity index is 791. The van der Waals surface area contributed by atoms with E-state index in [1.807, 2.05) is 18.4 Å². The Morgan fingerprint density at radius 3 is 2.70 bits per heavy atom. The van der Waals surface area contributed by atoms with Crippen molar-refractivity contribution in [3.05, 3.63) is 45.9 Å². The zero-order chi connectivity index (χ0) is 16.4. The maximum absolute atomic E-state index is 12.5. The number of aromatic nitrogens is 1. The van der Waals surface area contributed by atoms with Gasteiger partial charge in [0.2, 0.25) is 0 Å². The number of carbonyl (C=O) groups excluding carboxylic acids is 2. The molecule has 1 aromatic carbocycles. The lowest BCUT2D eigenvalue weighted by Crippen LogP contribution is -2.27. The van der Waals surface area contributed by atoms with Crippen molar-refractivity contribution >= 4 is 28.8 Å². The van der Waals surface area contributed by atoms with Gasteiger partial charge < -0.3 is 5.32 Å². The average molecular weight is 326 g/mol. The van der Waals surface area contributed by atoms with Gasteiger partial charge in [0, 0.05) is 35.4 Å². The van der Waals surface area contributed by atoms with Crippen molar-refractivity contribution < 1.29 is 9.59 Å². The predicted octanol–water partition coefficient (Wildman–Crippen LogP) is 2.47. The molecule has 7 heteroatoms. The summed E-state index contributed by atoms with van der Waals surface area (Å²) in [6, 6.07) is 8.63. The van der Waals surface area contributed by atoms with E-state index in [0.29, 0.717) is 23.7 Å². The molecule has 1 N–H and O–H groups in total. The van der Waals surface area contributed by atoms with Crippen molar-refractivity contribution in [2.75, 3.05) is 18.0 Å². The third-order valence-corrected chi connectivity index (χ3v) is 4.62. The minimum atomic E-state index is -0.894. The number of hydrogen-bond acceptors (Lipinski definition) is 5. The molecule has 1 saturated heterocycles. The minimum absolute atomic E-state index is 0.141. The number of nitrogens with one attached hydrogen (secondary N) is 1. The van der Waals surface area contributed by atoms with Crippen LogP contribution in [0.25, 0.3) is 0 Å². The Balaban J connectivity index is 1.82. The van der Waals surface area contributed by atoms with Crippen LogP contribution in [-0.2, 0) is 0 Å². The Kier molecular flexibility index (Phi) is 4.08. The summed E-state index contributed by atoms with van der Waals surface area (Å²) in [5.74, 6) is -1.17. The number of thiazole rings is 1. The molecule has 116 valence electrons. The van der Waals surface area contributed by atoms with E-state index in [9.17, 15) is 14.9 Å². The summed E-state index contributed by atoms with van der Waals surface area (Å²) >= 11 is 1.31. The Morgan fingerprint density at radius 2 is 2.17 bits per heavy atom. The van der Waals surface area contributed by atoms with Crippen LogP contribution in [0.15, 0.2) is 29.6 Å². The first-order valence-electron chi connectivity index (χ1n) is 7.11. The van der Waals surface area contributed by atoms with E-state index in [1.54, 1.807) is 29.2 Å². The van der Waals surface area contributed by atoms with Crippen molar-refractivity contribution in [3.8, 4) is 6.07 Å². The van der Waals surface area contributed by atoms with E-state index >= 15 is 0 Å². The number of aryl methyl sites for hydroxylation is 1. The number of hydrogen-bond donors (Lipinski definition) is 1. The third kappa shape index (κ3) is 2.94. The molecule has 2 amide bonds. The number of nitriles is 1. The molecule has 2 heterocycles. The first-order chi connectivity index (χ1) is 11.1. The van der Waals surface area contributed by atoms with Crippen LogP contribution in [0.2, 0.25) is 0 Å². The zero-order valence-electron chi connectivity index (χ0n) is 12.4. The van der Waals surface area contributed by atoms with Crippen LogP contribution in [0.4, 0.5) is 10.5 Å². The van der Waals surface area contributed by atoms with E-state index in [-0.39, 0.29) is 11.8 Å². The van der Waals surface area contributed by atoms with Crippen molar-refractivity contribution in [2.24, 2.45) is 0 Å². The highest BCUT2D eigenvalue weighted by Gasteiger charge is 2.25. The molecule has 0 bridgehead atoms. The molecule has 0 unspecified atom stereocenters. The molecule has 3 rings (SSSR count). The van der Waals surface area contributed by atoms with Gasteiger partial charge in [0.05, 0.1) is 6.07 Å². The SMILES string of the molecule is Cc1csc([C@@H](C#N)C(=O)c2ccc(N3CCNC3=O)cc2)n1. The zero-order valence-corrected chi connectivity index (χ0v) is 13.3. The molecule has 0 radical (unpaired) electrons. The highest BCUT2D eigenvalue weighted by Crippen LogP contribution is 2.25. The highest BCUT2D eigenvalue weighted by molar-refractivity contribution is 7.10. The van der Waals surface area contributed by atoms with Gasteiger partial charge in [-0.2, -0.15) is 5.26 Å². The molecule has 23 heavy (non-hydrogen) atoms. The van der Waals surface area contributed by atoms with Gasteiger partial charge in [-0.1, -0.05) is 0 Å². The summed E-state index contributed by atoms with van der Waals surface area (Å²) in [6.07, 6.45) is 0. The summed E-state index contributed by atoms with van der Waals surface area (Å²) in [7, 11) is 0. The fourth-order valence-corrected chi connectivity index (χ4v) is 3.26. The molecule has 1 fully saturated rings. The molecule has 1 aliphatic heterocycles. The lowest BCUT2D eigenvalue weighted by Gasteiger charge is -2.14. The lowest BCUT2D eigenvalue weighted by atomic mass is 9.99. The average Bonchev–Trinajstić information content (AvgIpc) is 3.17. The smallest absolute Gasteiger partial charge is 0.321 e. The first kappa shape index (κ1) is 15.2. The Labute approximate surface area is 137 Å². The molecular weight excluding hydrogens is 312 g/mol. The van der Waals surface area contributed by atoms with Gasteiger partial charge in [-0.3, -0.25) is 9.69 Å². The fourth-order valence-electron chi connectivity index (χ4n) is 2.42. The highest BCUT2D eigenvalue weighted by atomic mass is 32.1. The van der Waals surface area contributed by atoms with Crippen LogP contribution in [0.5, 0.6) is 0 Å². The Morgan fingerprint density at radius 1 is 1.43 bits per heavy atom. The quantitative estimate of drug-likeness (QED) is 0.875. The summed E-state index contributed by atoms with van der Waals surface area (Å²) in [5, 5.41) is 14.4. The monoisotopic (exact) mass is 326 g/mol. The molecule has 0 aliphatic carbocycles. The van der Waals surface area contributed by atoms with Crippen LogP contribution in [0.1, 0.15) is 27.0 Å². The van der Waals surface area contributed by atoms with Crippen LogP contribution < -0.4 is 10.2 Å². The molecule has 2 aromatic rings. The van der Waals surface area contributed by atoms with Crippen LogP contribution in [0.3, 0.4) is 0 Å². The van der Waals surface area contributed by atoms with Crippen molar-refractivity contribution in [1.82, 2.24) is 10.3 Å². The number of anilines is 1. The number of nitrogens with zero attached hydrogens (tertiary/aromatic N) is 3. The summed E-state index contributed by atoms with van der Waals surface area (Å²) < 4.78 is 0. The number of ketones is 1. The number of amides is 2. The molecule has 6 nitrogen and oxygen atoms in total. The lowest BCUT2D eigenvalue weighted by molar-refractivity contribution is 0.0979. The van der Waals surface area contributed by atoms with Gasteiger partial charge in [0.15, 0.2) is 11.7 Å². The van der Waals surface area contributed by atoms with E-state index in [2.05, 4.69) is 10.3 Å². The van der Waals surface area contributed by atoms with Gasteiger partial charge >= 0.3 is 6.03 Å². The number of carbonyl (C=O) groups is 2. The van der Waals surface area contributed by atoms with Gasteiger partial charge in [-0.15, -0.1) is 11.3 Å². The molecule has 0 saturated carbocycles. The van der Waals surface area contributed by atoms with Crippen molar-refractivity contribution in [2.45, 2.75) is 12.8 Å². The van der Waals surface area contributed by atoms with E-state index in [4.69, 9.17) is 0 Å². The van der Waals surface area contributed by atoms with Crippen molar-refractivity contribution in [1.29, 1.82) is 5.26 Å². The van der Waals surface area contributed by atoms with Gasteiger partial charge in [0.1, 0.15) is 5.01 Å². The van der Waals surface area contributed by atoms with Gasteiger partial charge in [0.25, 0.3) is 0 Å². The van der Waals surface area contributed by atoms with Gasteiger partial charge in [-0.25, -0.2) is 9.78 Å². The fraction of sp³-hybridized carbons (Fsp3) is 0.250.